The van der Waals surface area contributed by atoms with E-state index in [1.165, 1.54) is 4.90 Å². The maximum atomic E-state index is 13.7. The van der Waals surface area contributed by atoms with Gasteiger partial charge in [0.1, 0.15) is 11.2 Å². The standard InChI is InChI=1S/C26H30F3N3O4/c1-3-17-16-31(24(35)25(12-7-13-25)26(27,28)29)14-15-32(17)20-11-10-19(30-22(20)23(33)34)18-8-5-6-9-21(18)36-4-2/h5-6,8-11,17H,3-4,7,12-16H2,1-2H3,(H,33,34)/t17-/m1/s1. The number of aromatic nitrogens is 1. The Kier molecular flexibility index (Phi) is 7.15. The Bertz CT molecular complexity index is 1130. The molecule has 1 aromatic heterocycles. The molecule has 1 atom stereocenters. The Morgan fingerprint density at radius 3 is 2.44 bits per heavy atom. The van der Waals surface area contributed by atoms with Gasteiger partial charge in [0.25, 0.3) is 0 Å². The van der Waals surface area contributed by atoms with E-state index < -0.39 is 23.5 Å². The number of pyridine rings is 1. The minimum Gasteiger partial charge on any atom is -0.493 e. The Morgan fingerprint density at radius 1 is 1.14 bits per heavy atom. The molecule has 2 aliphatic rings. The average molecular weight is 506 g/mol. The van der Waals surface area contributed by atoms with Crippen molar-refractivity contribution in [3.8, 4) is 17.0 Å². The third-order valence-electron chi connectivity index (χ3n) is 7.25. The zero-order valence-corrected chi connectivity index (χ0v) is 20.3. The molecule has 1 N–H and O–H groups in total. The van der Waals surface area contributed by atoms with E-state index >= 15 is 0 Å². The SMILES string of the molecule is CCOc1ccccc1-c1ccc(N2CCN(C(=O)C3(C(F)(F)F)CCC3)C[C@H]2CC)c(C(=O)O)n1. The molecule has 1 saturated heterocycles. The van der Waals surface area contributed by atoms with Crippen molar-refractivity contribution in [2.24, 2.45) is 5.41 Å². The summed E-state index contributed by atoms with van der Waals surface area (Å²) in [6.07, 6.45) is -4.02. The number of carboxylic acid groups (broad SMARTS) is 1. The third kappa shape index (κ3) is 4.49. The summed E-state index contributed by atoms with van der Waals surface area (Å²) in [4.78, 5) is 32.8. The van der Waals surface area contributed by atoms with Gasteiger partial charge in [-0.2, -0.15) is 13.2 Å². The maximum absolute atomic E-state index is 13.7. The number of anilines is 1. The van der Waals surface area contributed by atoms with Crippen LogP contribution in [0.2, 0.25) is 0 Å². The lowest BCUT2D eigenvalue weighted by Gasteiger charge is -2.48. The van der Waals surface area contributed by atoms with Crippen LogP contribution in [0.5, 0.6) is 5.75 Å². The van der Waals surface area contributed by atoms with Crippen molar-refractivity contribution >= 4 is 17.6 Å². The molecule has 1 aliphatic carbocycles. The van der Waals surface area contributed by atoms with Crippen LogP contribution in [-0.4, -0.2) is 65.3 Å². The number of hydrogen-bond donors (Lipinski definition) is 1. The second kappa shape index (κ2) is 9.99. The number of halogens is 3. The minimum atomic E-state index is -4.57. The van der Waals surface area contributed by atoms with E-state index in [2.05, 4.69) is 4.98 Å². The van der Waals surface area contributed by atoms with Gasteiger partial charge in [0.15, 0.2) is 5.69 Å². The van der Waals surface area contributed by atoms with E-state index in [-0.39, 0.29) is 44.2 Å². The lowest BCUT2D eigenvalue weighted by molar-refractivity contribution is -0.248. The van der Waals surface area contributed by atoms with Crippen LogP contribution in [0.25, 0.3) is 11.3 Å². The van der Waals surface area contributed by atoms with E-state index in [1.54, 1.807) is 24.3 Å². The summed E-state index contributed by atoms with van der Waals surface area (Å²) in [7, 11) is 0. The molecular weight excluding hydrogens is 475 g/mol. The van der Waals surface area contributed by atoms with Crippen LogP contribution in [0, 0.1) is 5.41 Å². The van der Waals surface area contributed by atoms with Gasteiger partial charge in [-0.3, -0.25) is 4.79 Å². The highest BCUT2D eigenvalue weighted by atomic mass is 19.4. The molecule has 194 valence electrons. The van der Waals surface area contributed by atoms with Gasteiger partial charge in [-0.05, 0) is 50.5 Å². The summed E-state index contributed by atoms with van der Waals surface area (Å²) >= 11 is 0. The van der Waals surface area contributed by atoms with Crippen molar-refractivity contribution in [2.75, 3.05) is 31.1 Å². The molecule has 0 unspecified atom stereocenters. The van der Waals surface area contributed by atoms with Crippen molar-refractivity contribution < 1.29 is 32.6 Å². The van der Waals surface area contributed by atoms with E-state index in [0.29, 0.717) is 42.1 Å². The molecule has 7 nitrogen and oxygen atoms in total. The van der Waals surface area contributed by atoms with E-state index in [0.717, 1.165) is 0 Å². The normalized spacial score (nSPS) is 19.5. The summed E-state index contributed by atoms with van der Waals surface area (Å²) in [5, 5.41) is 9.97. The fourth-order valence-electron chi connectivity index (χ4n) is 5.11. The number of hydrogen-bond acceptors (Lipinski definition) is 5. The molecule has 0 spiro atoms. The number of nitrogens with zero attached hydrogens (tertiary/aromatic N) is 3. The Morgan fingerprint density at radius 2 is 1.86 bits per heavy atom. The summed E-state index contributed by atoms with van der Waals surface area (Å²) in [6, 6.07) is 10.3. The van der Waals surface area contributed by atoms with Crippen molar-refractivity contribution in [2.45, 2.75) is 51.7 Å². The molecule has 0 bridgehead atoms. The predicted molar refractivity (Wildman–Crippen MR) is 128 cm³/mol. The molecule has 2 aromatic rings. The number of piperazine rings is 1. The van der Waals surface area contributed by atoms with Gasteiger partial charge >= 0.3 is 12.1 Å². The third-order valence-corrected chi connectivity index (χ3v) is 7.25. The van der Waals surface area contributed by atoms with Gasteiger partial charge in [0.2, 0.25) is 5.91 Å². The molecule has 1 amide bonds. The number of amides is 1. The van der Waals surface area contributed by atoms with Crippen LogP contribution in [0.15, 0.2) is 36.4 Å². The first kappa shape index (κ1) is 25.8. The molecule has 1 aliphatic heterocycles. The first-order valence-corrected chi connectivity index (χ1v) is 12.2. The molecular formula is C26H30F3N3O4. The molecule has 0 radical (unpaired) electrons. The number of benzene rings is 1. The Hall–Kier alpha value is -3.30. The lowest BCUT2D eigenvalue weighted by atomic mass is 9.67. The summed E-state index contributed by atoms with van der Waals surface area (Å²) in [5.41, 5.74) is -0.944. The van der Waals surface area contributed by atoms with Crippen LogP contribution >= 0.6 is 0 Å². The highest BCUT2D eigenvalue weighted by molar-refractivity contribution is 5.93. The lowest BCUT2D eigenvalue weighted by Crippen LogP contribution is -2.62. The molecule has 1 saturated carbocycles. The van der Waals surface area contributed by atoms with Gasteiger partial charge in [-0.1, -0.05) is 25.5 Å². The van der Waals surface area contributed by atoms with Gasteiger partial charge in [0, 0.05) is 31.2 Å². The van der Waals surface area contributed by atoms with Crippen LogP contribution in [0.1, 0.15) is 50.0 Å². The number of ether oxygens (including phenoxy) is 1. The first-order chi connectivity index (χ1) is 17.1. The van der Waals surface area contributed by atoms with E-state index in [9.17, 15) is 27.9 Å². The second-order valence-electron chi connectivity index (χ2n) is 9.24. The van der Waals surface area contributed by atoms with Crippen molar-refractivity contribution in [3.05, 3.63) is 42.1 Å². The number of carboxylic acids is 1. The van der Waals surface area contributed by atoms with Gasteiger partial charge in [-0.15, -0.1) is 0 Å². The first-order valence-electron chi connectivity index (χ1n) is 12.2. The number of carbonyl (C=O) groups is 2. The van der Waals surface area contributed by atoms with Crippen LogP contribution in [0.3, 0.4) is 0 Å². The van der Waals surface area contributed by atoms with Crippen molar-refractivity contribution in [3.63, 3.8) is 0 Å². The molecule has 36 heavy (non-hydrogen) atoms. The van der Waals surface area contributed by atoms with Gasteiger partial charge < -0.3 is 19.6 Å². The number of alkyl halides is 3. The summed E-state index contributed by atoms with van der Waals surface area (Å²) < 4.78 is 46.9. The molecule has 4 rings (SSSR count). The monoisotopic (exact) mass is 505 g/mol. The van der Waals surface area contributed by atoms with E-state index in [4.69, 9.17) is 4.74 Å². The van der Waals surface area contributed by atoms with E-state index in [1.807, 2.05) is 30.9 Å². The van der Waals surface area contributed by atoms with Crippen LogP contribution < -0.4 is 9.64 Å². The average Bonchev–Trinajstić information content (AvgIpc) is 2.82. The predicted octanol–water partition coefficient (Wildman–Crippen LogP) is 5.01. The molecule has 10 heteroatoms. The fraction of sp³-hybridized carbons (Fsp3) is 0.500. The fourth-order valence-corrected chi connectivity index (χ4v) is 5.11. The van der Waals surface area contributed by atoms with Gasteiger partial charge in [0.05, 0.1) is 18.0 Å². The number of carbonyl (C=O) groups excluding carboxylic acids is 1. The zero-order chi connectivity index (χ0) is 26.1. The summed E-state index contributed by atoms with van der Waals surface area (Å²) in [6.45, 7) is 4.57. The topological polar surface area (TPSA) is 83.0 Å². The largest absolute Gasteiger partial charge is 0.493 e. The van der Waals surface area contributed by atoms with Gasteiger partial charge in [-0.25, -0.2) is 9.78 Å². The number of aromatic carboxylic acids is 1. The molecule has 2 fully saturated rings. The van der Waals surface area contributed by atoms with Crippen molar-refractivity contribution in [1.82, 2.24) is 9.88 Å². The quantitative estimate of drug-likeness (QED) is 0.570. The van der Waals surface area contributed by atoms with Crippen LogP contribution in [-0.2, 0) is 4.79 Å². The number of para-hydroxylation sites is 1. The minimum absolute atomic E-state index is 0.0845. The summed E-state index contributed by atoms with van der Waals surface area (Å²) in [5.74, 6) is -1.48. The molecule has 1 aromatic carbocycles. The maximum Gasteiger partial charge on any atom is 0.403 e. The molecule has 2 heterocycles. The highest BCUT2D eigenvalue weighted by Gasteiger charge is 2.64. The van der Waals surface area contributed by atoms with Crippen molar-refractivity contribution in [1.29, 1.82) is 0 Å². The van der Waals surface area contributed by atoms with Crippen LogP contribution in [0.4, 0.5) is 18.9 Å². The smallest absolute Gasteiger partial charge is 0.403 e. The Balaban J connectivity index is 1.62. The highest BCUT2D eigenvalue weighted by Crippen LogP contribution is 2.54. The zero-order valence-electron chi connectivity index (χ0n) is 20.3. The second-order valence-corrected chi connectivity index (χ2v) is 9.24. The Labute approximate surface area is 207 Å². The number of rotatable bonds is 7.